The Labute approximate surface area is 164 Å². The maximum Gasteiger partial charge on any atom is 0.224 e. The zero-order valence-corrected chi connectivity index (χ0v) is 17.9. The molecule has 1 amide bonds. The molecular weight excluding hydrogens is 400 g/mol. The molecule has 2 aromatic carbocycles. The van der Waals surface area contributed by atoms with E-state index in [0.29, 0.717) is 5.56 Å². The molecule has 26 heavy (non-hydrogen) atoms. The van der Waals surface area contributed by atoms with Crippen molar-refractivity contribution in [1.82, 2.24) is 0 Å². The normalized spacial score (nSPS) is 9.42. The van der Waals surface area contributed by atoms with E-state index >= 15 is 0 Å². The van der Waals surface area contributed by atoms with Crippen molar-refractivity contribution in [1.29, 1.82) is 0 Å². The average Bonchev–Trinajstić information content (AvgIpc) is 2.61. The van der Waals surface area contributed by atoms with Gasteiger partial charge in [0.25, 0.3) is 0 Å². The van der Waals surface area contributed by atoms with Crippen molar-refractivity contribution >= 4 is 27.5 Å². The molecule has 1 N–H and O–H groups in total. The van der Waals surface area contributed by atoms with Crippen molar-refractivity contribution < 1.29 is 13.6 Å². The minimum atomic E-state index is -0.621. The number of amides is 1. The first-order valence-electron chi connectivity index (χ1n) is 8.87. The fraction of sp³-hybridized carbons (Fsp3) is 0.381. The van der Waals surface area contributed by atoms with Crippen molar-refractivity contribution in [2.45, 2.75) is 54.4 Å². The lowest BCUT2D eigenvalue weighted by Crippen LogP contribution is -2.14. The highest BCUT2D eigenvalue weighted by molar-refractivity contribution is 9.10. The predicted molar refractivity (Wildman–Crippen MR) is 110 cm³/mol. The number of aryl methyl sites for hydroxylation is 3. The van der Waals surface area contributed by atoms with Gasteiger partial charge in [0.15, 0.2) is 0 Å². The van der Waals surface area contributed by atoms with Crippen LogP contribution in [-0.2, 0) is 11.2 Å². The van der Waals surface area contributed by atoms with Gasteiger partial charge in [0.1, 0.15) is 11.6 Å². The van der Waals surface area contributed by atoms with Crippen molar-refractivity contribution in [3.05, 3.63) is 63.1 Å². The van der Waals surface area contributed by atoms with E-state index in [2.05, 4.69) is 21.2 Å². The van der Waals surface area contributed by atoms with Gasteiger partial charge in [0.05, 0.1) is 0 Å². The van der Waals surface area contributed by atoms with Gasteiger partial charge >= 0.3 is 0 Å². The Kier molecular flexibility index (Phi) is 11.7. The molecule has 0 aliphatic rings. The number of hydrogen-bond donors (Lipinski definition) is 1. The van der Waals surface area contributed by atoms with Crippen LogP contribution >= 0.6 is 15.9 Å². The van der Waals surface area contributed by atoms with Gasteiger partial charge in [-0.1, -0.05) is 49.7 Å². The van der Waals surface area contributed by atoms with Crippen LogP contribution < -0.4 is 5.32 Å². The Bertz CT molecular complexity index is 694. The second kappa shape index (κ2) is 12.6. The third-order valence-electron chi connectivity index (χ3n) is 3.40. The molecule has 2 aromatic rings. The van der Waals surface area contributed by atoms with Crippen LogP contribution in [0.2, 0.25) is 0 Å². The fourth-order valence-corrected chi connectivity index (χ4v) is 2.97. The molecule has 0 saturated heterocycles. The molecule has 5 heteroatoms. The molecule has 0 heterocycles. The smallest absolute Gasteiger partial charge is 0.224 e. The van der Waals surface area contributed by atoms with E-state index in [1.54, 1.807) is 0 Å². The van der Waals surface area contributed by atoms with Crippen molar-refractivity contribution in [2.75, 3.05) is 5.32 Å². The van der Waals surface area contributed by atoms with E-state index in [4.69, 9.17) is 0 Å². The van der Waals surface area contributed by atoms with Crippen LogP contribution in [0.25, 0.3) is 0 Å². The number of carbonyl (C=O) groups is 1. The maximum absolute atomic E-state index is 13.5. The molecule has 0 atom stereocenters. The lowest BCUT2D eigenvalue weighted by molar-refractivity contribution is -0.116. The zero-order chi connectivity index (χ0) is 20.3. The molecule has 144 valence electrons. The molecule has 0 radical (unpaired) electrons. The lowest BCUT2D eigenvalue weighted by atomic mass is 10.1. The van der Waals surface area contributed by atoms with Crippen molar-refractivity contribution in [2.24, 2.45) is 0 Å². The maximum atomic E-state index is 13.5. The summed E-state index contributed by atoms with van der Waals surface area (Å²) in [6, 6.07) is 7.23. The van der Waals surface area contributed by atoms with Gasteiger partial charge in [0, 0.05) is 22.6 Å². The van der Waals surface area contributed by atoms with E-state index in [0.717, 1.165) is 27.4 Å². The third-order valence-corrected chi connectivity index (χ3v) is 3.86. The second-order valence-electron chi connectivity index (χ2n) is 5.20. The monoisotopic (exact) mass is 427 g/mol. The van der Waals surface area contributed by atoms with E-state index < -0.39 is 11.6 Å². The number of carbonyl (C=O) groups excluding carboxylic acids is 1. The quantitative estimate of drug-likeness (QED) is 0.560. The Hall–Kier alpha value is -1.75. The molecule has 0 saturated carbocycles. The lowest BCUT2D eigenvalue weighted by Gasteiger charge is -2.12. The first-order valence-corrected chi connectivity index (χ1v) is 9.66. The summed E-state index contributed by atoms with van der Waals surface area (Å²) in [5.41, 5.74) is 3.01. The van der Waals surface area contributed by atoms with E-state index in [9.17, 15) is 13.6 Å². The topological polar surface area (TPSA) is 29.1 Å². The number of anilines is 1. The van der Waals surface area contributed by atoms with Crippen LogP contribution in [0.15, 0.2) is 34.8 Å². The number of halogens is 3. The van der Waals surface area contributed by atoms with Gasteiger partial charge in [-0.15, -0.1) is 0 Å². The summed E-state index contributed by atoms with van der Waals surface area (Å²) in [6.07, 6.45) is 0.365. The summed E-state index contributed by atoms with van der Waals surface area (Å²) in [5, 5.41) is 2.85. The second-order valence-corrected chi connectivity index (χ2v) is 6.11. The third kappa shape index (κ3) is 7.65. The summed E-state index contributed by atoms with van der Waals surface area (Å²) < 4.78 is 27.3. The Balaban J connectivity index is 0.00000146. The van der Waals surface area contributed by atoms with Gasteiger partial charge in [-0.25, -0.2) is 8.78 Å². The van der Waals surface area contributed by atoms with E-state index in [1.807, 2.05) is 53.7 Å². The number of benzene rings is 2. The largest absolute Gasteiger partial charge is 0.326 e. The SMILES string of the molecule is CC.CC.Cc1cc(Br)cc(C)c1NC(=O)CCc1ccc(F)cc1F. The van der Waals surface area contributed by atoms with Crippen LogP contribution in [0.1, 0.15) is 50.8 Å². The molecule has 2 nitrogen and oxygen atoms in total. The highest BCUT2D eigenvalue weighted by Crippen LogP contribution is 2.25. The van der Waals surface area contributed by atoms with Crippen LogP contribution in [0, 0.1) is 25.5 Å². The zero-order valence-electron chi connectivity index (χ0n) is 16.3. The number of hydrogen-bond acceptors (Lipinski definition) is 1. The molecule has 2 rings (SSSR count). The average molecular weight is 428 g/mol. The highest BCUT2D eigenvalue weighted by Gasteiger charge is 2.10. The van der Waals surface area contributed by atoms with Crippen molar-refractivity contribution in [3.8, 4) is 0 Å². The fourth-order valence-electron chi connectivity index (χ4n) is 2.28. The summed E-state index contributed by atoms with van der Waals surface area (Å²) in [4.78, 5) is 12.0. The first kappa shape index (κ1) is 24.2. The van der Waals surface area contributed by atoms with Crippen LogP contribution in [-0.4, -0.2) is 5.91 Å². The Morgan fingerprint density at radius 1 is 1.00 bits per heavy atom. The standard InChI is InChI=1S/C17H16BrF2NO.2C2H6/c1-10-7-13(18)8-11(2)17(10)21-16(22)6-4-12-3-5-14(19)9-15(12)20;2*1-2/h3,5,7-9H,4,6H2,1-2H3,(H,21,22);2*1-2H3. The first-order chi connectivity index (χ1) is 12.4. The molecule has 0 aliphatic heterocycles. The van der Waals surface area contributed by atoms with Crippen LogP contribution in [0.4, 0.5) is 14.5 Å². The minimum absolute atomic E-state index is 0.136. The highest BCUT2D eigenvalue weighted by atomic mass is 79.9. The molecule has 0 unspecified atom stereocenters. The molecule has 0 aliphatic carbocycles. The number of nitrogens with one attached hydrogen (secondary N) is 1. The molecular formula is C21H28BrF2NO. The van der Waals surface area contributed by atoms with Gasteiger partial charge in [-0.3, -0.25) is 4.79 Å². The predicted octanol–water partition coefficient (Wildman–Crippen LogP) is 6.97. The van der Waals surface area contributed by atoms with Gasteiger partial charge < -0.3 is 5.32 Å². The van der Waals surface area contributed by atoms with E-state index in [-0.39, 0.29) is 18.7 Å². The Morgan fingerprint density at radius 2 is 1.54 bits per heavy atom. The summed E-state index contributed by atoms with van der Waals surface area (Å²) >= 11 is 3.40. The molecule has 0 fully saturated rings. The molecule has 0 spiro atoms. The number of rotatable bonds is 4. The molecule has 0 aromatic heterocycles. The summed E-state index contributed by atoms with van der Waals surface area (Å²) in [6.45, 7) is 11.8. The minimum Gasteiger partial charge on any atom is -0.326 e. The van der Waals surface area contributed by atoms with Gasteiger partial charge in [0.2, 0.25) is 5.91 Å². The van der Waals surface area contributed by atoms with E-state index in [1.165, 1.54) is 12.1 Å². The Morgan fingerprint density at radius 3 is 2.04 bits per heavy atom. The van der Waals surface area contributed by atoms with Crippen LogP contribution in [0.3, 0.4) is 0 Å². The van der Waals surface area contributed by atoms with Gasteiger partial charge in [-0.2, -0.15) is 0 Å². The summed E-state index contributed by atoms with van der Waals surface area (Å²) in [7, 11) is 0. The summed E-state index contributed by atoms with van der Waals surface area (Å²) in [5.74, 6) is -1.44. The van der Waals surface area contributed by atoms with Crippen LogP contribution in [0.5, 0.6) is 0 Å². The van der Waals surface area contributed by atoms with Crippen molar-refractivity contribution in [3.63, 3.8) is 0 Å². The van der Waals surface area contributed by atoms with Gasteiger partial charge in [-0.05, 0) is 55.2 Å². The molecule has 0 bridgehead atoms.